The van der Waals surface area contributed by atoms with Crippen molar-refractivity contribution in [3.05, 3.63) is 71.3 Å². The molecule has 0 atom stereocenters. The van der Waals surface area contributed by atoms with Gasteiger partial charge < -0.3 is 15.2 Å². The van der Waals surface area contributed by atoms with E-state index in [4.69, 9.17) is 4.74 Å². The molecule has 2 aromatic rings. The van der Waals surface area contributed by atoms with E-state index in [9.17, 15) is 14.7 Å². The van der Waals surface area contributed by atoms with E-state index in [0.717, 1.165) is 0 Å². The number of amides is 1. The van der Waals surface area contributed by atoms with Crippen molar-refractivity contribution in [2.45, 2.75) is 13.8 Å². The number of benzene rings is 2. The fourth-order valence-electron chi connectivity index (χ4n) is 2.15. The summed E-state index contributed by atoms with van der Waals surface area (Å²) in [6, 6.07) is 15.6. The van der Waals surface area contributed by atoms with Gasteiger partial charge in [0.1, 0.15) is 5.75 Å². The Hall–Kier alpha value is -3.08. The molecule has 24 heavy (non-hydrogen) atoms. The van der Waals surface area contributed by atoms with Gasteiger partial charge in [-0.05, 0) is 55.8 Å². The van der Waals surface area contributed by atoms with Crippen LogP contribution in [-0.4, -0.2) is 23.6 Å². The standard InChI is InChI=1S/C19H19NO4/c1-3-24-16-11-9-14(10-12-16)17(13(2)19(22)23)20-18(21)15-7-5-4-6-8-15/h4-12H,3H2,1-2H3,(H,20,21)(H,22,23). The maximum atomic E-state index is 12.4. The lowest BCUT2D eigenvalue weighted by atomic mass is 10.1. The van der Waals surface area contributed by atoms with Crippen molar-refractivity contribution in [2.75, 3.05) is 6.61 Å². The Kier molecular flexibility index (Phi) is 5.73. The third kappa shape index (κ3) is 4.23. The SMILES string of the molecule is CCOc1ccc(C(NC(=O)c2ccccc2)=C(C)C(=O)O)cc1. The minimum absolute atomic E-state index is 0.0587. The number of hydrogen-bond acceptors (Lipinski definition) is 3. The maximum Gasteiger partial charge on any atom is 0.333 e. The van der Waals surface area contributed by atoms with Crippen molar-refractivity contribution in [3.8, 4) is 5.75 Å². The first-order chi connectivity index (χ1) is 11.5. The Balaban J connectivity index is 2.34. The molecule has 0 aromatic heterocycles. The average molecular weight is 325 g/mol. The predicted molar refractivity (Wildman–Crippen MR) is 91.7 cm³/mol. The van der Waals surface area contributed by atoms with Crippen LogP contribution in [-0.2, 0) is 4.79 Å². The zero-order valence-electron chi connectivity index (χ0n) is 13.6. The Morgan fingerprint density at radius 3 is 2.17 bits per heavy atom. The topological polar surface area (TPSA) is 75.6 Å². The Bertz CT molecular complexity index is 749. The Morgan fingerprint density at radius 1 is 1.00 bits per heavy atom. The van der Waals surface area contributed by atoms with E-state index in [2.05, 4.69) is 5.32 Å². The maximum absolute atomic E-state index is 12.4. The van der Waals surface area contributed by atoms with E-state index in [1.54, 1.807) is 48.5 Å². The summed E-state index contributed by atoms with van der Waals surface area (Å²) in [5.41, 5.74) is 1.38. The number of rotatable bonds is 6. The van der Waals surface area contributed by atoms with Gasteiger partial charge in [0, 0.05) is 5.56 Å². The number of carboxylic acid groups (broad SMARTS) is 1. The molecule has 0 aliphatic heterocycles. The zero-order chi connectivity index (χ0) is 17.5. The third-order valence-electron chi connectivity index (χ3n) is 3.42. The summed E-state index contributed by atoms with van der Waals surface area (Å²) in [4.78, 5) is 23.7. The number of nitrogens with one attached hydrogen (secondary N) is 1. The third-order valence-corrected chi connectivity index (χ3v) is 3.42. The first-order valence-corrected chi connectivity index (χ1v) is 7.56. The number of aliphatic carboxylic acids is 1. The second-order valence-electron chi connectivity index (χ2n) is 5.08. The molecule has 2 N–H and O–H groups in total. The van der Waals surface area contributed by atoms with E-state index in [0.29, 0.717) is 23.5 Å². The molecule has 2 rings (SSSR count). The highest BCUT2D eigenvalue weighted by molar-refractivity contribution is 6.04. The van der Waals surface area contributed by atoms with Crippen molar-refractivity contribution < 1.29 is 19.4 Å². The van der Waals surface area contributed by atoms with Gasteiger partial charge in [0.25, 0.3) is 5.91 Å². The zero-order valence-corrected chi connectivity index (χ0v) is 13.6. The Labute approximate surface area is 140 Å². The van der Waals surface area contributed by atoms with Gasteiger partial charge in [-0.15, -0.1) is 0 Å². The highest BCUT2D eigenvalue weighted by Crippen LogP contribution is 2.21. The molecular weight excluding hydrogens is 306 g/mol. The quantitative estimate of drug-likeness (QED) is 0.799. The second-order valence-corrected chi connectivity index (χ2v) is 5.08. The van der Waals surface area contributed by atoms with Crippen LogP contribution in [0.3, 0.4) is 0 Å². The van der Waals surface area contributed by atoms with E-state index < -0.39 is 5.97 Å². The number of carbonyl (C=O) groups is 2. The predicted octanol–water partition coefficient (Wildman–Crippen LogP) is 3.33. The van der Waals surface area contributed by atoms with E-state index in [-0.39, 0.29) is 17.2 Å². The molecule has 5 nitrogen and oxygen atoms in total. The lowest BCUT2D eigenvalue weighted by molar-refractivity contribution is -0.132. The van der Waals surface area contributed by atoms with Gasteiger partial charge in [0.15, 0.2) is 0 Å². The van der Waals surface area contributed by atoms with Crippen molar-refractivity contribution in [1.29, 1.82) is 0 Å². The number of hydrogen-bond donors (Lipinski definition) is 2. The van der Waals surface area contributed by atoms with E-state index >= 15 is 0 Å². The molecule has 0 unspecified atom stereocenters. The second kappa shape index (κ2) is 7.97. The lowest BCUT2D eigenvalue weighted by Gasteiger charge is -2.13. The highest BCUT2D eigenvalue weighted by atomic mass is 16.5. The van der Waals surface area contributed by atoms with Crippen LogP contribution in [0.5, 0.6) is 5.75 Å². The normalized spacial score (nSPS) is 11.4. The summed E-state index contributed by atoms with van der Waals surface area (Å²) in [6.07, 6.45) is 0. The van der Waals surface area contributed by atoms with Gasteiger partial charge in [-0.2, -0.15) is 0 Å². The van der Waals surface area contributed by atoms with Gasteiger partial charge in [-0.1, -0.05) is 18.2 Å². The van der Waals surface area contributed by atoms with E-state index in [1.807, 2.05) is 13.0 Å². The molecule has 0 fully saturated rings. The van der Waals surface area contributed by atoms with Crippen LogP contribution in [0.25, 0.3) is 5.70 Å². The summed E-state index contributed by atoms with van der Waals surface area (Å²) < 4.78 is 5.38. The van der Waals surface area contributed by atoms with Gasteiger partial charge in [-0.25, -0.2) is 4.79 Å². The molecule has 1 amide bonds. The molecular formula is C19H19NO4. The van der Waals surface area contributed by atoms with Crippen molar-refractivity contribution in [3.63, 3.8) is 0 Å². The molecule has 2 aromatic carbocycles. The lowest BCUT2D eigenvalue weighted by Crippen LogP contribution is -2.24. The van der Waals surface area contributed by atoms with Crippen LogP contribution in [0.4, 0.5) is 0 Å². The molecule has 0 saturated carbocycles. The highest BCUT2D eigenvalue weighted by Gasteiger charge is 2.15. The van der Waals surface area contributed by atoms with Gasteiger partial charge >= 0.3 is 5.97 Å². The largest absolute Gasteiger partial charge is 0.494 e. The summed E-state index contributed by atoms with van der Waals surface area (Å²) in [5.74, 6) is -0.768. The van der Waals surface area contributed by atoms with Gasteiger partial charge in [-0.3, -0.25) is 4.79 Å². The van der Waals surface area contributed by atoms with Crippen molar-refractivity contribution in [1.82, 2.24) is 5.32 Å². The molecule has 0 bridgehead atoms. The average Bonchev–Trinajstić information content (AvgIpc) is 2.60. The van der Waals surface area contributed by atoms with Crippen molar-refractivity contribution in [2.24, 2.45) is 0 Å². The van der Waals surface area contributed by atoms with Gasteiger partial charge in [0.05, 0.1) is 17.9 Å². The van der Waals surface area contributed by atoms with Crippen LogP contribution >= 0.6 is 0 Å². The minimum Gasteiger partial charge on any atom is -0.494 e. The van der Waals surface area contributed by atoms with Crippen LogP contribution in [0.2, 0.25) is 0 Å². The van der Waals surface area contributed by atoms with Crippen molar-refractivity contribution >= 4 is 17.6 Å². The molecule has 0 spiro atoms. The monoisotopic (exact) mass is 325 g/mol. The number of carbonyl (C=O) groups excluding carboxylic acids is 1. The first-order valence-electron chi connectivity index (χ1n) is 7.56. The molecule has 0 saturated heterocycles. The smallest absolute Gasteiger partial charge is 0.333 e. The molecule has 0 radical (unpaired) electrons. The number of ether oxygens (including phenoxy) is 1. The summed E-state index contributed by atoms with van der Waals surface area (Å²) in [6.45, 7) is 3.88. The minimum atomic E-state index is -1.09. The van der Waals surface area contributed by atoms with Crippen LogP contribution in [0.1, 0.15) is 29.8 Å². The first kappa shape index (κ1) is 17.3. The summed E-state index contributed by atoms with van der Waals surface area (Å²) >= 11 is 0. The fourth-order valence-corrected chi connectivity index (χ4v) is 2.15. The molecule has 0 heterocycles. The Morgan fingerprint density at radius 2 is 1.62 bits per heavy atom. The molecule has 0 aliphatic carbocycles. The molecule has 5 heteroatoms. The van der Waals surface area contributed by atoms with Crippen LogP contribution in [0, 0.1) is 0 Å². The fraction of sp³-hybridized carbons (Fsp3) is 0.158. The van der Waals surface area contributed by atoms with Crippen LogP contribution in [0.15, 0.2) is 60.2 Å². The molecule has 0 aliphatic rings. The van der Waals surface area contributed by atoms with E-state index in [1.165, 1.54) is 6.92 Å². The van der Waals surface area contributed by atoms with Gasteiger partial charge in [0.2, 0.25) is 0 Å². The van der Waals surface area contributed by atoms with Crippen LogP contribution < -0.4 is 10.1 Å². The summed E-state index contributed by atoms with van der Waals surface area (Å²) in [5, 5.41) is 12.0. The number of carboxylic acids is 1. The molecule has 124 valence electrons. The summed E-state index contributed by atoms with van der Waals surface area (Å²) in [7, 11) is 0.